The Morgan fingerprint density at radius 3 is 1.27 bits per heavy atom. The highest BCUT2D eigenvalue weighted by Crippen LogP contribution is 2.17. The zero-order chi connectivity index (χ0) is 23.0. The first-order valence-electron chi connectivity index (χ1n) is 10.0. The van der Waals surface area contributed by atoms with E-state index in [1.54, 1.807) is 97.3 Å². The zero-order valence-corrected chi connectivity index (χ0v) is 17.4. The van der Waals surface area contributed by atoms with E-state index in [1.807, 2.05) is 0 Å². The van der Waals surface area contributed by atoms with Gasteiger partial charge in [-0.1, -0.05) is 12.1 Å². The summed E-state index contributed by atoms with van der Waals surface area (Å²) in [6, 6.07) is 23.5. The van der Waals surface area contributed by atoms with Gasteiger partial charge in [0.2, 0.25) is 0 Å². The van der Waals surface area contributed by atoms with Crippen LogP contribution < -0.4 is 16.0 Å². The SMILES string of the molecule is O=C(Nc1ccc(NC(=O)c2ccccn2)cc1)c1ccc(NC(=O)c2ccccn2)cc1. The highest BCUT2D eigenvalue weighted by molar-refractivity contribution is 6.06. The Bertz CT molecular complexity index is 1260. The third-order valence-corrected chi connectivity index (χ3v) is 4.60. The van der Waals surface area contributed by atoms with Gasteiger partial charge in [-0.25, -0.2) is 0 Å². The second kappa shape index (κ2) is 9.97. The minimum atomic E-state index is -0.331. The number of benzene rings is 2. The molecule has 3 N–H and O–H groups in total. The van der Waals surface area contributed by atoms with Crippen LogP contribution in [0.25, 0.3) is 0 Å². The number of carbonyl (C=O) groups is 3. The van der Waals surface area contributed by atoms with E-state index in [-0.39, 0.29) is 17.7 Å². The molecule has 2 aromatic heterocycles. The summed E-state index contributed by atoms with van der Waals surface area (Å²) < 4.78 is 0. The molecule has 0 saturated heterocycles. The van der Waals surface area contributed by atoms with E-state index in [0.29, 0.717) is 34.0 Å². The van der Waals surface area contributed by atoms with Crippen LogP contribution in [0.3, 0.4) is 0 Å². The summed E-state index contributed by atoms with van der Waals surface area (Å²) in [5.74, 6) is -0.950. The molecule has 3 amide bonds. The van der Waals surface area contributed by atoms with Crippen molar-refractivity contribution in [2.24, 2.45) is 0 Å². The summed E-state index contributed by atoms with van der Waals surface area (Å²) in [6.07, 6.45) is 3.10. The number of carbonyl (C=O) groups excluding carboxylic acids is 3. The van der Waals surface area contributed by atoms with E-state index in [0.717, 1.165) is 0 Å². The number of hydrogen-bond acceptors (Lipinski definition) is 5. The van der Waals surface area contributed by atoms with Crippen molar-refractivity contribution in [3.8, 4) is 0 Å². The molecule has 0 fully saturated rings. The van der Waals surface area contributed by atoms with Gasteiger partial charge < -0.3 is 16.0 Å². The summed E-state index contributed by atoms with van der Waals surface area (Å²) in [6.45, 7) is 0. The standard InChI is InChI=1S/C25H19N5O3/c31-23(17-7-9-18(10-8-17)29-24(32)21-5-1-3-15-26-21)28-19-11-13-20(14-12-19)30-25(33)22-6-2-4-16-27-22/h1-16H,(H,28,31)(H,29,32)(H,30,33). The van der Waals surface area contributed by atoms with E-state index in [9.17, 15) is 14.4 Å². The average Bonchev–Trinajstić information content (AvgIpc) is 2.86. The lowest BCUT2D eigenvalue weighted by molar-refractivity contribution is 0.101. The summed E-state index contributed by atoms with van der Waals surface area (Å²) in [5.41, 5.74) is 2.75. The van der Waals surface area contributed by atoms with E-state index in [2.05, 4.69) is 25.9 Å². The highest BCUT2D eigenvalue weighted by atomic mass is 16.2. The van der Waals surface area contributed by atoms with Gasteiger partial charge in [0, 0.05) is 35.0 Å². The van der Waals surface area contributed by atoms with Crippen LogP contribution in [-0.4, -0.2) is 27.7 Å². The molecule has 0 saturated carbocycles. The van der Waals surface area contributed by atoms with Crippen LogP contribution in [0, 0.1) is 0 Å². The smallest absolute Gasteiger partial charge is 0.274 e. The molecule has 4 rings (SSSR count). The molecule has 0 atom stereocenters. The fourth-order valence-electron chi connectivity index (χ4n) is 2.93. The molecule has 2 heterocycles. The fraction of sp³-hybridized carbons (Fsp3) is 0. The predicted octanol–water partition coefficient (Wildman–Crippen LogP) is 4.23. The Kier molecular flexibility index (Phi) is 6.46. The van der Waals surface area contributed by atoms with E-state index < -0.39 is 0 Å². The number of hydrogen-bond donors (Lipinski definition) is 3. The lowest BCUT2D eigenvalue weighted by Gasteiger charge is -2.09. The fourth-order valence-corrected chi connectivity index (χ4v) is 2.93. The van der Waals surface area contributed by atoms with Gasteiger partial charge in [-0.3, -0.25) is 24.4 Å². The van der Waals surface area contributed by atoms with Gasteiger partial charge in [-0.15, -0.1) is 0 Å². The molecule has 0 unspecified atom stereocenters. The minimum Gasteiger partial charge on any atom is -0.322 e. The Balaban J connectivity index is 1.33. The van der Waals surface area contributed by atoms with E-state index in [4.69, 9.17) is 0 Å². The molecule has 0 radical (unpaired) electrons. The maximum Gasteiger partial charge on any atom is 0.274 e. The Labute approximate surface area is 189 Å². The third kappa shape index (κ3) is 5.65. The van der Waals surface area contributed by atoms with Crippen LogP contribution in [0.2, 0.25) is 0 Å². The molecular formula is C25H19N5O3. The number of amides is 3. The van der Waals surface area contributed by atoms with Crippen molar-refractivity contribution in [1.82, 2.24) is 9.97 Å². The van der Waals surface area contributed by atoms with Crippen LogP contribution in [0.1, 0.15) is 31.3 Å². The molecule has 4 aromatic rings. The summed E-state index contributed by atoms with van der Waals surface area (Å²) >= 11 is 0. The summed E-state index contributed by atoms with van der Waals surface area (Å²) in [5, 5.41) is 8.28. The number of nitrogens with one attached hydrogen (secondary N) is 3. The van der Waals surface area contributed by atoms with E-state index in [1.165, 1.54) is 0 Å². The van der Waals surface area contributed by atoms with E-state index >= 15 is 0 Å². The van der Waals surface area contributed by atoms with Gasteiger partial charge in [0.15, 0.2) is 0 Å². The van der Waals surface area contributed by atoms with Crippen LogP contribution in [0.5, 0.6) is 0 Å². The first-order valence-corrected chi connectivity index (χ1v) is 10.0. The second-order valence-corrected chi connectivity index (χ2v) is 6.95. The number of anilines is 3. The molecule has 2 aromatic carbocycles. The first-order chi connectivity index (χ1) is 16.1. The van der Waals surface area contributed by atoms with Gasteiger partial charge in [0.05, 0.1) is 0 Å². The monoisotopic (exact) mass is 437 g/mol. The van der Waals surface area contributed by atoms with Crippen molar-refractivity contribution in [3.63, 3.8) is 0 Å². The molecule has 0 bridgehead atoms. The Hall–Kier alpha value is -4.85. The first kappa shape index (κ1) is 21.4. The molecule has 8 heteroatoms. The van der Waals surface area contributed by atoms with Gasteiger partial charge >= 0.3 is 0 Å². The molecule has 8 nitrogen and oxygen atoms in total. The zero-order valence-electron chi connectivity index (χ0n) is 17.4. The van der Waals surface area contributed by atoms with Crippen molar-refractivity contribution >= 4 is 34.8 Å². The number of pyridine rings is 2. The summed E-state index contributed by atoms with van der Waals surface area (Å²) in [4.78, 5) is 44.9. The maximum atomic E-state index is 12.5. The number of nitrogens with zero attached hydrogens (tertiary/aromatic N) is 2. The molecule has 0 aliphatic heterocycles. The average molecular weight is 437 g/mol. The highest BCUT2D eigenvalue weighted by Gasteiger charge is 2.10. The maximum absolute atomic E-state index is 12.5. The summed E-state index contributed by atoms with van der Waals surface area (Å²) in [7, 11) is 0. The van der Waals surface area contributed by atoms with Crippen LogP contribution in [0.15, 0.2) is 97.3 Å². The third-order valence-electron chi connectivity index (χ3n) is 4.60. The van der Waals surface area contributed by atoms with Crippen molar-refractivity contribution < 1.29 is 14.4 Å². The van der Waals surface area contributed by atoms with Crippen molar-refractivity contribution in [3.05, 3.63) is 114 Å². The molecule has 0 spiro atoms. The number of rotatable bonds is 6. The largest absolute Gasteiger partial charge is 0.322 e. The van der Waals surface area contributed by atoms with Crippen molar-refractivity contribution in [2.45, 2.75) is 0 Å². The molecule has 162 valence electrons. The molecule has 33 heavy (non-hydrogen) atoms. The van der Waals surface area contributed by atoms with Crippen LogP contribution in [0.4, 0.5) is 17.1 Å². The number of aromatic nitrogens is 2. The van der Waals surface area contributed by atoms with Crippen molar-refractivity contribution in [2.75, 3.05) is 16.0 Å². The van der Waals surface area contributed by atoms with Gasteiger partial charge in [0.1, 0.15) is 11.4 Å². The second-order valence-electron chi connectivity index (χ2n) is 6.95. The lowest BCUT2D eigenvalue weighted by atomic mass is 10.2. The molecule has 0 aliphatic carbocycles. The Morgan fingerprint density at radius 1 is 0.485 bits per heavy atom. The Morgan fingerprint density at radius 2 is 0.879 bits per heavy atom. The van der Waals surface area contributed by atoms with Gasteiger partial charge in [0.25, 0.3) is 17.7 Å². The van der Waals surface area contributed by atoms with Gasteiger partial charge in [-0.2, -0.15) is 0 Å². The van der Waals surface area contributed by atoms with Gasteiger partial charge in [-0.05, 0) is 72.8 Å². The topological polar surface area (TPSA) is 113 Å². The molecule has 0 aliphatic rings. The lowest BCUT2D eigenvalue weighted by Crippen LogP contribution is -2.15. The predicted molar refractivity (Wildman–Crippen MR) is 125 cm³/mol. The molecular weight excluding hydrogens is 418 g/mol. The van der Waals surface area contributed by atoms with Crippen LogP contribution >= 0.6 is 0 Å². The normalized spacial score (nSPS) is 10.2. The minimum absolute atomic E-state index is 0.303. The quantitative estimate of drug-likeness (QED) is 0.418. The van der Waals surface area contributed by atoms with Crippen LogP contribution in [-0.2, 0) is 0 Å². The van der Waals surface area contributed by atoms with Crippen molar-refractivity contribution in [1.29, 1.82) is 0 Å².